The van der Waals surface area contributed by atoms with Crippen molar-refractivity contribution in [1.82, 2.24) is 14.5 Å². The molecule has 9 heteroatoms. The molecule has 0 fully saturated rings. The van der Waals surface area contributed by atoms with Crippen LogP contribution in [0.4, 0.5) is 13.2 Å². The van der Waals surface area contributed by atoms with E-state index in [2.05, 4.69) is 9.97 Å². The first-order chi connectivity index (χ1) is 16.3. The molecule has 2 aromatic heterocycles. The second kappa shape index (κ2) is 11.7. The van der Waals surface area contributed by atoms with Crippen LogP contribution in [0.1, 0.15) is 44.4 Å². The Balaban J connectivity index is 1.61. The Bertz CT molecular complexity index is 1070. The fourth-order valence-electron chi connectivity index (χ4n) is 3.57. The molecule has 1 aromatic carbocycles. The Morgan fingerprint density at radius 1 is 1.15 bits per heavy atom. The van der Waals surface area contributed by atoms with Gasteiger partial charge in [0.1, 0.15) is 17.3 Å². The Labute approximate surface area is 196 Å². The van der Waals surface area contributed by atoms with Crippen LogP contribution in [0.2, 0.25) is 0 Å². The van der Waals surface area contributed by atoms with E-state index in [1.54, 1.807) is 19.3 Å². The van der Waals surface area contributed by atoms with Gasteiger partial charge in [-0.25, -0.2) is 4.98 Å². The lowest BCUT2D eigenvalue weighted by Crippen LogP contribution is -2.11. The van der Waals surface area contributed by atoms with E-state index in [9.17, 15) is 18.0 Å². The van der Waals surface area contributed by atoms with E-state index in [-0.39, 0.29) is 11.9 Å². The minimum atomic E-state index is -4.49. The van der Waals surface area contributed by atoms with Crippen LogP contribution in [-0.2, 0) is 22.3 Å². The van der Waals surface area contributed by atoms with Gasteiger partial charge >= 0.3 is 12.1 Å². The second-order valence-electron chi connectivity index (χ2n) is 8.02. The minimum absolute atomic E-state index is 0.180. The molecular formula is C25H28F3N3O3. The minimum Gasteiger partial charge on any atom is -0.493 e. The highest BCUT2D eigenvalue weighted by molar-refractivity contribution is 5.69. The summed E-state index contributed by atoms with van der Waals surface area (Å²) in [5.41, 5.74) is 0.470. The highest BCUT2D eigenvalue weighted by atomic mass is 19.4. The molecule has 0 aliphatic carbocycles. The summed E-state index contributed by atoms with van der Waals surface area (Å²) in [6.45, 7) is 5.14. The first-order valence-electron chi connectivity index (χ1n) is 11.2. The maximum absolute atomic E-state index is 12.8. The van der Waals surface area contributed by atoms with Gasteiger partial charge in [-0.3, -0.25) is 9.78 Å². The van der Waals surface area contributed by atoms with E-state index in [0.29, 0.717) is 37.6 Å². The molecule has 0 saturated carbocycles. The number of carbonyl (C=O) groups excluding carboxylic acids is 1. The van der Waals surface area contributed by atoms with E-state index in [4.69, 9.17) is 9.47 Å². The topological polar surface area (TPSA) is 66.2 Å². The normalized spacial score (nSPS) is 12.4. The molecule has 0 N–H and O–H groups in total. The van der Waals surface area contributed by atoms with Gasteiger partial charge in [0.25, 0.3) is 0 Å². The number of para-hydroxylation sites is 1. The highest BCUT2D eigenvalue weighted by Gasteiger charge is 2.32. The van der Waals surface area contributed by atoms with Crippen LogP contribution in [-0.4, -0.2) is 33.7 Å². The summed E-state index contributed by atoms with van der Waals surface area (Å²) in [7, 11) is 0. The second-order valence-corrected chi connectivity index (χ2v) is 8.02. The summed E-state index contributed by atoms with van der Waals surface area (Å²) in [6, 6.07) is 9.93. The van der Waals surface area contributed by atoms with Crippen molar-refractivity contribution in [3.8, 4) is 17.1 Å². The number of ether oxygens (including phenoxy) is 2. The summed E-state index contributed by atoms with van der Waals surface area (Å²) < 4.78 is 51.3. The smallest absolute Gasteiger partial charge is 0.433 e. The number of alkyl halides is 3. The lowest BCUT2D eigenvalue weighted by atomic mass is 10.0. The van der Waals surface area contributed by atoms with E-state index >= 15 is 0 Å². The van der Waals surface area contributed by atoms with Gasteiger partial charge in [0.05, 0.1) is 19.8 Å². The molecule has 0 unspecified atom stereocenters. The Hall–Kier alpha value is -3.36. The van der Waals surface area contributed by atoms with Crippen molar-refractivity contribution in [2.75, 3.05) is 13.2 Å². The highest BCUT2D eigenvalue weighted by Crippen LogP contribution is 2.29. The van der Waals surface area contributed by atoms with Gasteiger partial charge in [0.15, 0.2) is 0 Å². The van der Waals surface area contributed by atoms with Crippen LogP contribution in [0.3, 0.4) is 0 Å². The number of benzene rings is 1. The number of esters is 1. The zero-order valence-corrected chi connectivity index (χ0v) is 19.2. The van der Waals surface area contributed by atoms with E-state index in [1.165, 1.54) is 12.3 Å². The average molecular weight is 476 g/mol. The maximum Gasteiger partial charge on any atom is 0.433 e. The van der Waals surface area contributed by atoms with Crippen molar-refractivity contribution in [3.63, 3.8) is 0 Å². The monoisotopic (exact) mass is 475 g/mol. The fraction of sp³-hybridized carbons (Fsp3) is 0.400. The lowest BCUT2D eigenvalue weighted by molar-refractivity contribution is -0.144. The molecule has 0 amide bonds. The number of carbonyl (C=O) groups is 1. The van der Waals surface area contributed by atoms with Gasteiger partial charge in [-0.2, -0.15) is 13.2 Å². The molecule has 34 heavy (non-hydrogen) atoms. The standard InChI is InChI=1S/C25H28F3N3O3/c1-3-33-23(32)15-18(2)7-6-14-34-21-9-5-4-8-20(21)17-31-13-12-29-24(31)19-10-11-22(30-16-19)25(26,27)28/h4-5,8-13,16,18H,3,6-7,14-15,17H2,1-2H3/t18-/m1/s1. The Morgan fingerprint density at radius 2 is 1.94 bits per heavy atom. The summed E-state index contributed by atoms with van der Waals surface area (Å²) in [6.07, 6.45) is 2.09. The molecule has 3 rings (SSSR count). The van der Waals surface area contributed by atoms with Gasteiger partial charge in [-0.05, 0) is 43.9 Å². The molecule has 0 radical (unpaired) electrons. The lowest BCUT2D eigenvalue weighted by Gasteiger charge is -2.15. The van der Waals surface area contributed by atoms with Crippen LogP contribution in [0, 0.1) is 5.92 Å². The van der Waals surface area contributed by atoms with Crippen molar-refractivity contribution in [3.05, 3.63) is 66.2 Å². The summed E-state index contributed by atoms with van der Waals surface area (Å²) >= 11 is 0. The van der Waals surface area contributed by atoms with Crippen molar-refractivity contribution >= 4 is 5.97 Å². The molecule has 6 nitrogen and oxygen atoms in total. The summed E-state index contributed by atoms with van der Waals surface area (Å²) in [5, 5.41) is 0. The van der Waals surface area contributed by atoms with Gasteiger partial charge in [0.2, 0.25) is 0 Å². The molecule has 182 valence electrons. The van der Waals surface area contributed by atoms with Crippen molar-refractivity contribution < 1.29 is 27.4 Å². The number of hydrogen-bond donors (Lipinski definition) is 0. The zero-order chi connectivity index (χ0) is 24.6. The predicted molar refractivity (Wildman–Crippen MR) is 121 cm³/mol. The molecule has 3 aromatic rings. The zero-order valence-electron chi connectivity index (χ0n) is 19.2. The van der Waals surface area contributed by atoms with Crippen LogP contribution >= 0.6 is 0 Å². The first kappa shape index (κ1) is 25.3. The molecule has 0 spiro atoms. The van der Waals surface area contributed by atoms with Crippen molar-refractivity contribution in [1.29, 1.82) is 0 Å². The summed E-state index contributed by atoms with van der Waals surface area (Å²) in [5.74, 6) is 1.28. The molecule has 0 bridgehead atoms. The van der Waals surface area contributed by atoms with Crippen molar-refractivity contribution in [2.45, 2.75) is 45.8 Å². The van der Waals surface area contributed by atoms with Gasteiger partial charge < -0.3 is 14.0 Å². The van der Waals surface area contributed by atoms with Crippen LogP contribution in [0.25, 0.3) is 11.4 Å². The van der Waals surface area contributed by atoms with Gasteiger partial charge in [-0.1, -0.05) is 25.1 Å². The van der Waals surface area contributed by atoms with E-state index in [0.717, 1.165) is 30.2 Å². The predicted octanol–water partition coefficient (Wildman–Crippen LogP) is 5.76. The molecule has 1 atom stereocenters. The van der Waals surface area contributed by atoms with Gasteiger partial charge in [-0.15, -0.1) is 0 Å². The van der Waals surface area contributed by atoms with Crippen LogP contribution in [0.5, 0.6) is 5.75 Å². The van der Waals surface area contributed by atoms with Crippen molar-refractivity contribution in [2.24, 2.45) is 5.92 Å². The number of imidazole rings is 1. The van der Waals surface area contributed by atoms with Crippen LogP contribution < -0.4 is 4.74 Å². The molecule has 0 saturated heterocycles. The molecular weight excluding hydrogens is 447 g/mol. The number of rotatable bonds is 11. The number of nitrogens with zero attached hydrogens (tertiary/aromatic N) is 3. The largest absolute Gasteiger partial charge is 0.493 e. The maximum atomic E-state index is 12.8. The quantitative estimate of drug-likeness (QED) is 0.261. The molecule has 2 heterocycles. The van der Waals surface area contributed by atoms with Gasteiger partial charge in [0, 0.05) is 36.1 Å². The molecule has 0 aliphatic rings. The third kappa shape index (κ3) is 7.07. The SMILES string of the molecule is CCOC(=O)C[C@H](C)CCCOc1ccccc1Cn1ccnc1-c1ccc(C(F)(F)F)nc1. The Morgan fingerprint density at radius 3 is 2.65 bits per heavy atom. The number of pyridine rings is 1. The van der Waals surface area contributed by atoms with Crippen LogP contribution in [0.15, 0.2) is 55.0 Å². The summed E-state index contributed by atoms with van der Waals surface area (Å²) in [4.78, 5) is 19.4. The first-order valence-corrected chi connectivity index (χ1v) is 11.2. The molecule has 0 aliphatic heterocycles. The fourth-order valence-corrected chi connectivity index (χ4v) is 3.57. The number of aromatic nitrogens is 3. The van der Waals surface area contributed by atoms with E-state index in [1.807, 2.05) is 35.8 Å². The van der Waals surface area contributed by atoms with E-state index < -0.39 is 11.9 Å². The number of halogens is 3. The Kier molecular flexibility index (Phi) is 8.67. The third-order valence-electron chi connectivity index (χ3n) is 5.26. The number of hydrogen-bond acceptors (Lipinski definition) is 5. The third-order valence-corrected chi connectivity index (χ3v) is 5.26. The average Bonchev–Trinajstić information content (AvgIpc) is 3.25.